The van der Waals surface area contributed by atoms with E-state index in [0.29, 0.717) is 23.1 Å². The number of nitrogens with zero attached hydrogens (tertiary/aromatic N) is 4. The van der Waals surface area contributed by atoms with Crippen molar-refractivity contribution >= 4 is 21.4 Å². The molecule has 1 saturated heterocycles. The molecule has 1 fully saturated rings. The highest BCUT2D eigenvalue weighted by atomic mass is 32.2. The van der Waals surface area contributed by atoms with E-state index in [2.05, 4.69) is 40.6 Å². The number of aromatic nitrogens is 2. The third-order valence-corrected chi connectivity index (χ3v) is 8.78. The van der Waals surface area contributed by atoms with Crippen molar-refractivity contribution in [3.63, 3.8) is 0 Å². The zero-order valence-corrected chi connectivity index (χ0v) is 18.6. The summed E-state index contributed by atoms with van der Waals surface area (Å²) in [5.74, 6) is 0.598. The smallest absolute Gasteiger partial charge is 0.252 e. The van der Waals surface area contributed by atoms with Crippen LogP contribution in [0.2, 0.25) is 0 Å². The van der Waals surface area contributed by atoms with E-state index in [1.165, 1.54) is 22.7 Å². The van der Waals surface area contributed by atoms with E-state index in [-0.39, 0.29) is 0 Å². The first-order valence-corrected chi connectivity index (χ1v) is 12.0. The summed E-state index contributed by atoms with van der Waals surface area (Å²) in [4.78, 5) is 2.34. The van der Waals surface area contributed by atoms with E-state index in [1.807, 2.05) is 18.4 Å². The number of hydrogen-bond acceptors (Lipinski definition) is 6. The van der Waals surface area contributed by atoms with Crippen molar-refractivity contribution in [3.8, 4) is 11.3 Å². The Hall–Kier alpha value is -1.94. The van der Waals surface area contributed by atoms with Crippen LogP contribution in [0.15, 0.2) is 38.4 Å². The number of sulfonamides is 1. The molecular weight excluding hydrogens is 408 g/mol. The van der Waals surface area contributed by atoms with Crippen molar-refractivity contribution in [2.75, 3.05) is 32.7 Å². The van der Waals surface area contributed by atoms with Gasteiger partial charge in [-0.05, 0) is 39.0 Å². The van der Waals surface area contributed by atoms with Crippen LogP contribution in [0.3, 0.4) is 0 Å². The second-order valence-electron chi connectivity index (χ2n) is 7.50. The highest BCUT2D eigenvalue weighted by Gasteiger charge is 2.30. The molecule has 1 aliphatic heterocycles. The van der Waals surface area contributed by atoms with Gasteiger partial charge in [0.1, 0.15) is 4.21 Å². The van der Waals surface area contributed by atoms with Gasteiger partial charge < -0.3 is 9.09 Å². The summed E-state index contributed by atoms with van der Waals surface area (Å²) < 4.78 is 35.6. The standard InChI is InChI=1S/C20H26N4O3S2/c1-15-12-19(27-21-15)18-13-20(28-14-18)29(25,26)23-9-6-22(7-10-23)8-11-24-16(2)4-5-17(24)3/h4-5,12-14H,6-11H2,1-3H3. The summed E-state index contributed by atoms with van der Waals surface area (Å²) in [7, 11) is -3.48. The molecule has 3 aromatic rings. The van der Waals surface area contributed by atoms with E-state index in [9.17, 15) is 8.42 Å². The molecule has 0 unspecified atom stereocenters. The van der Waals surface area contributed by atoms with Crippen LogP contribution in [0.4, 0.5) is 0 Å². The van der Waals surface area contributed by atoms with Crippen molar-refractivity contribution < 1.29 is 12.9 Å². The summed E-state index contributed by atoms with van der Waals surface area (Å²) in [5.41, 5.74) is 4.06. The molecule has 0 atom stereocenters. The number of piperazine rings is 1. The summed E-state index contributed by atoms with van der Waals surface area (Å²) in [5, 5.41) is 5.68. The average molecular weight is 435 g/mol. The second kappa shape index (κ2) is 8.06. The number of aryl methyl sites for hydroxylation is 3. The van der Waals surface area contributed by atoms with Crippen LogP contribution in [0.25, 0.3) is 11.3 Å². The Morgan fingerprint density at radius 3 is 2.34 bits per heavy atom. The van der Waals surface area contributed by atoms with Gasteiger partial charge in [-0.15, -0.1) is 11.3 Å². The molecule has 0 radical (unpaired) electrons. The first kappa shape index (κ1) is 20.3. The Kier molecular flexibility index (Phi) is 5.65. The molecule has 0 N–H and O–H groups in total. The summed E-state index contributed by atoms with van der Waals surface area (Å²) in [6, 6.07) is 7.76. The molecule has 0 amide bonds. The predicted molar refractivity (Wildman–Crippen MR) is 114 cm³/mol. The van der Waals surface area contributed by atoms with Crippen LogP contribution in [-0.4, -0.2) is 60.1 Å². The fraction of sp³-hybridized carbons (Fsp3) is 0.450. The van der Waals surface area contributed by atoms with Gasteiger partial charge in [-0.3, -0.25) is 4.90 Å². The molecule has 29 heavy (non-hydrogen) atoms. The van der Waals surface area contributed by atoms with Crippen LogP contribution >= 0.6 is 11.3 Å². The lowest BCUT2D eigenvalue weighted by atomic mass is 10.2. The minimum atomic E-state index is -3.48. The Labute approximate surface area is 175 Å². The fourth-order valence-electron chi connectivity index (χ4n) is 3.69. The molecular formula is C20H26N4O3S2. The quantitative estimate of drug-likeness (QED) is 0.596. The zero-order valence-electron chi connectivity index (χ0n) is 17.0. The van der Waals surface area contributed by atoms with Gasteiger partial charge in [-0.1, -0.05) is 5.16 Å². The van der Waals surface area contributed by atoms with E-state index in [0.717, 1.165) is 37.4 Å². The summed E-state index contributed by atoms with van der Waals surface area (Å²) >= 11 is 1.23. The minimum Gasteiger partial charge on any atom is -0.356 e. The van der Waals surface area contributed by atoms with Crippen molar-refractivity contribution in [2.24, 2.45) is 0 Å². The molecule has 0 bridgehead atoms. The van der Waals surface area contributed by atoms with E-state index in [4.69, 9.17) is 4.52 Å². The average Bonchev–Trinajstić information content (AvgIpc) is 3.42. The van der Waals surface area contributed by atoms with E-state index < -0.39 is 10.0 Å². The highest BCUT2D eigenvalue weighted by Crippen LogP contribution is 2.31. The predicted octanol–water partition coefficient (Wildman–Crippen LogP) is 3.14. The van der Waals surface area contributed by atoms with Gasteiger partial charge in [0.2, 0.25) is 0 Å². The summed E-state index contributed by atoms with van der Waals surface area (Å²) in [6.07, 6.45) is 0. The maximum absolute atomic E-state index is 13.0. The Morgan fingerprint density at radius 2 is 1.72 bits per heavy atom. The molecule has 4 rings (SSSR count). The lowest BCUT2D eigenvalue weighted by Gasteiger charge is -2.33. The zero-order chi connectivity index (χ0) is 20.6. The fourth-order valence-corrected chi connectivity index (χ4v) is 6.44. The van der Waals surface area contributed by atoms with Crippen molar-refractivity contribution in [3.05, 3.63) is 46.7 Å². The number of rotatable bonds is 6. The molecule has 3 aromatic heterocycles. The van der Waals surface area contributed by atoms with Crippen LogP contribution < -0.4 is 0 Å². The number of hydrogen-bond donors (Lipinski definition) is 0. The SMILES string of the molecule is Cc1cc(-c2csc(S(=O)(=O)N3CCN(CCn4c(C)ccc4C)CC3)c2)on1. The van der Waals surface area contributed by atoms with Gasteiger partial charge >= 0.3 is 0 Å². The molecule has 1 aliphatic rings. The highest BCUT2D eigenvalue weighted by molar-refractivity contribution is 7.91. The largest absolute Gasteiger partial charge is 0.356 e. The molecule has 9 heteroatoms. The monoisotopic (exact) mass is 434 g/mol. The van der Waals surface area contributed by atoms with Crippen LogP contribution in [0, 0.1) is 20.8 Å². The maximum Gasteiger partial charge on any atom is 0.252 e. The minimum absolute atomic E-state index is 0.355. The molecule has 0 saturated carbocycles. The van der Waals surface area contributed by atoms with Crippen molar-refractivity contribution in [1.29, 1.82) is 0 Å². The third-order valence-electron chi connectivity index (χ3n) is 5.47. The maximum atomic E-state index is 13.0. The van der Waals surface area contributed by atoms with Gasteiger partial charge in [0.25, 0.3) is 10.0 Å². The summed E-state index contributed by atoms with van der Waals surface area (Å²) in [6.45, 7) is 10.5. The van der Waals surface area contributed by atoms with Crippen LogP contribution in [0.5, 0.6) is 0 Å². The molecule has 0 aromatic carbocycles. The Morgan fingerprint density at radius 1 is 1.03 bits per heavy atom. The van der Waals surface area contributed by atoms with Crippen molar-refractivity contribution in [2.45, 2.75) is 31.5 Å². The topological polar surface area (TPSA) is 71.6 Å². The van der Waals surface area contributed by atoms with E-state index in [1.54, 1.807) is 10.4 Å². The lowest BCUT2D eigenvalue weighted by molar-refractivity contribution is 0.182. The van der Waals surface area contributed by atoms with Gasteiger partial charge in [0, 0.05) is 67.7 Å². The van der Waals surface area contributed by atoms with Crippen LogP contribution in [-0.2, 0) is 16.6 Å². The van der Waals surface area contributed by atoms with Crippen molar-refractivity contribution in [1.82, 2.24) is 18.9 Å². The molecule has 156 valence electrons. The Bertz CT molecular complexity index is 1070. The van der Waals surface area contributed by atoms with Gasteiger partial charge in [0.15, 0.2) is 5.76 Å². The number of thiophene rings is 1. The van der Waals surface area contributed by atoms with E-state index >= 15 is 0 Å². The first-order chi connectivity index (χ1) is 13.8. The molecule has 4 heterocycles. The lowest BCUT2D eigenvalue weighted by Crippen LogP contribution is -2.49. The van der Waals surface area contributed by atoms with Gasteiger partial charge in [-0.2, -0.15) is 4.31 Å². The van der Waals surface area contributed by atoms with Gasteiger partial charge in [0.05, 0.1) is 5.69 Å². The van der Waals surface area contributed by atoms with Gasteiger partial charge in [-0.25, -0.2) is 8.42 Å². The molecule has 0 aliphatic carbocycles. The molecule has 0 spiro atoms. The Balaban J connectivity index is 1.37. The van der Waals surface area contributed by atoms with Crippen LogP contribution in [0.1, 0.15) is 17.1 Å². The second-order valence-corrected chi connectivity index (χ2v) is 10.6. The first-order valence-electron chi connectivity index (χ1n) is 9.72. The third kappa shape index (κ3) is 4.18. The molecule has 7 nitrogen and oxygen atoms in total. The normalized spacial score (nSPS) is 16.5.